The van der Waals surface area contributed by atoms with Crippen molar-refractivity contribution in [2.45, 2.75) is 18.7 Å². The third-order valence-corrected chi connectivity index (χ3v) is 6.95. The van der Waals surface area contributed by atoms with Crippen LogP contribution in [0.15, 0.2) is 16.3 Å². The average Bonchev–Trinajstić information content (AvgIpc) is 3.05. The zero-order valence-corrected chi connectivity index (χ0v) is 17.2. The van der Waals surface area contributed by atoms with Crippen molar-refractivity contribution in [3.8, 4) is 0 Å². The van der Waals surface area contributed by atoms with E-state index < -0.39 is 10.0 Å². The molecule has 1 aliphatic rings. The van der Waals surface area contributed by atoms with E-state index >= 15 is 0 Å². The second kappa shape index (κ2) is 8.79. The third kappa shape index (κ3) is 5.15. The summed E-state index contributed by atoms with van der Waals surface area (Å²) in [4.78, 5) is 14.6. The SMILES string of the molecule is CN(CC(C)(C)CN)C(=O)c1sccc1S(=O)(=O)N1CCOCC1.Cl. The maximum atomic E-state index is 12.8. The molecule has 0 radical (unpaired) electrons. The van der Waals surface area contributed by atoms with E-state index in [9.17, 15) is 13.2 Å². The van der Waals surface area contributed by atoms with E-state index in [1.54, 1.807) is 12.4 Å². The van der Waals surface area contributed by atoms with Gasteiger partial charge in [-0.25, -0.2) is 8.42 Å². The minimum atomic E-state index is -3.69. The molecule has 0 aromatic carbocycles. The number of carbonyl (C=O) groups excluding carboxylic acids is 1. The van der Waals surface area contributed by atoms with Crippen LogP contribution < -0.4 is 5.73 Å². The number of hydrogen-bond donors (Lipinski definition) is 1. The molecular formula is C15H26ClN3O4S2. The molecule has 2 N–H and O–H groups in total. The van der Waals surface area contributed by atoms with E-state index in [1.807, 2.05) is 13.8 Å². The molecule has 1 amide bonds. The fraction of sp³-hybridized carbons (Fsp3) is 0.667. The number of hydrogen-bond acceptors (Lipinski definition) is 6. The molecule has 0 saturated carbocycles. The van der Waals surface area contributed by atoms with Crippen molar-refractivity contribution < 1.29 is 17.9 Å². The van der Waals surface area contributed by atoms with Crippen molar-refractivity contribution in [2.75, 3.05) is 46.4 Å². The maximum Gasteiger partial charge on any atom is 0.265 e. The molecule has 0 atom stereocenters. The van der Waals surface area contributed by atoms with Gasteiger partial charge in [-0.15, -0.1) is 23.7 Å². The normalized spacial score (nSPS) is 16.3. The summed E-state index contributed by atoms with van der Waals surface area (Å²) in [6.07, 6.45) is 0. The van der Waals surface area contributed by atoms with Gasteiger partial charge in [0.25, 0.3) is 5.91 Å². The lowest BCUT2D eigenvalue weighted by atomic mass is 9.93. The summed E-state index contributed by atoms with van der Waals surface area (Å²) < 4.78 is 32.2. The summed E-state index contributed by atoms with van der Waals surface area (Å²) >= 11 is 1.15. The standard InChI is InChI=1S/C15H25N3O4S2.ClH/c1-15(2,10-16)11-17(3)14(19)13-12(4-9-23-13)24(20,21)18-5-7-22-8-6-18;/h4,9H,5-8,10-11,16H2,1-3H3;1H. The van der Waals surface area contributed by atoms with Crippen LogP contribution in [0, 0.1) is 5.41 Å². The van der Waals surface area contributed by atoms with Gasteiger partial charge in [-0.3, -0.25) is 4.79 Å². The molecule has 1 aromatic heterocycles. The summed E-state index contributed by atoms with van der Waals surface area (Å²) in [6, 6.07) is 1.50. The quantitative estimate of drug-likeness (QED) is 0.760. The van der Waals surface area contributed by atoms with Gasteiger partial charge in [0.2, 0.25) is 10.0 Å². The number of thiophene rings is 1. The molecule has 1 saturated heterocycles. The Hall–Kier alpha value is -0.710. The van der Waals surface area contributed by atoms with Gasteiger partial charge in [-0.1, -0.05) is 13.8 Å². The number of nitrogens with zero attached hydrogens (tertiary/aromatic N) is 2. The van der Waals surface area contributed by atoms with Gasteiger partial charge < -0.3 is 15.4 Å². The highest BCUT2D eigenvalue weighted by Crippen LogP contribution is 2.27. The Bertz CT molecular complexity index is 685. The Morgan fingerprint density at radius 3 is 2.56 bits per heavy atom. The molecule has 7 nitrogen and oxygen atoms in total. The molecule has 25 heavy (non-hydrogen) atoms. The summed E-state index contributed by atoms with van der Waals surface area (Å²) in [5.74, 6) is -0.293. The van der Waals surface area contributed by atoms with Gasteiger partial charge in [0.05, 0.1) is 13.2 Å². The van der Waals surface area contributed by atoms with Gasteiger partial charge in [-0.05, 0) is 23.4 Å². The molecular weight excluding hydrogens is 386 g/mol. The van der Waals surface area contributed by atoms with Crippen molar-refractivity contribution in [3.05, 3.63) is 16.3 Å². The second-order valence-electron chi connectivity index (χ2n) is 6.66. The molecule has 0 aliphatic carbocycles. The molecule has 0 spiro atoms. The fourth-order valence-corrected chi connectivity index (χ4v) is 5.33. The van der Waals surface area contributed by atoms with Crippen molar-refractivity contribution in [3.63, 3.8) is 0 Å². The molecule has 10 heteroatoms. The molecule has 1 aliphatic heterocycles. The van der Waals surface area contributed by atoms with Gasteiger partial charge in [-0.2, -0.15) is 4.31 Å². The predicted molar refractivity (Wildman–Crippen MR) is 101 cm³/mol. The van der Waals surface area contributed by atoms with E-state index in [1.165, 1.54) is 15.3 Å². The zero-order valence-electron chi connectivity index (χ0n) is 14.7. The lowest BCUT2D eigenvalue weighted by Gasteiger charge is -2.29. The van der Waals surface area contributed by atoms with Crippen molar-refractivity contribution in [2.24, 2.45) is 11.1 Å². The van der Waals surface area contributed by atoms with Crippen LogP contribution in [0.3, 0.4) is 0 Å². The summed E-state index contributed by atoms with van der Waals surface area (Å²) in [5.41, 5.74) is 5.49. The lowest BCUT2D eigenvalue weighted by molar-refractivity contribution is 0.0723. The molecule has 2 heterocycles. The van der Waals surface area contributed by atoms with Crippen molar-refractivity contribution in [1.82, 2.24) is 9.21 Å². The second-order valence-corrected chi connectivity index (χ2v) is 9.48. The Labute approximate surface area is 159 Å². The van der Waals surface area contributed by atoms with Crippen LogP contribution in [0.5, 0.6) is 0 Å². The highest BCUT2D eigenvalue weighted by Gasteiger charge is 2.33. The number of ether oxygens (including phenoxy) is 1. The van der Waals surface area contributed by atoms with E-state index in [2.05, 4.69) is 0 Å². The number of carbonyl (C=O) groups is 1. The number of rotatable bonds is 6. The van der Waals surface area contributed by atoms with Gasteiger partial charge in [0.1, 0.15) is 9.77 Å². The number of halogens is 1. The van der Waals surface area contributed by atoms with Crippen molar-refractivity contribution >= 4 is 39.7 Å². The summed E-state index contributed by atoms with van der Waals surface area (Å²) in [7, 11) is -2.01. The average molecular weight is 412 g/mol. The first kappa shape index (κ1) is 22.3. The van der Waals surface area contributed by atoms with Crippen LogP contribution in [0.4, 0.5) is 0 Å². The zero-order chi connectivity index (χ0) is 18.0. The Morgan fingerprint density at radius 2 is 2.00 bits per heavy atom. The third-order valence-electron chi connectivity index (χ3n) is 3.98. The van der Waals surface area contributed by atoms with E-state index in [0.717, 1.165) is 11.3 Å². The first-order valence-electron chi connectivity index (χ1n) is 7.80. The van der Waals surface area contributed by atoms with Crippen LogP contribution in [-0.4, -0.2) is 70.0 Å². The van der Waals surface area contributed by atoms with Gasteiger partial charge in [0, 0.05) is 26.7 Å². The first-order chi connectivity index (χ1) is 11.2. The highest BCUT2D eigenvalue weighted by molar-refractivity contribution is 7.89. The Kier molecular flexibility index (Phi) is 7.85. The Balaban J connectivity index is 0.00000312. The smallest absolute Gasteiger partial charge is 0.265 e. The van der Waals surface area contributed by atoms with E-state index in [0.29, 0.717) is 39.4 Å². The topological polar surface area (TPSA) is 92.9 Å². The Morgan fingerprint density at radius 1 is 1.40 bits per heavy atom. The van der Waals surface area contributed by atoms with Gasteiger partial charge in [0.15, 0.2) is 0 Å². The molecule has 0 unspecified atom stereocenters. The van der Waals surface area contributed by atoms with Gasteiger partial charge >= 0.3 is 0 Å². The fourth-order valence-electron chi connectivity index (χ4n) is 2.53. The largest absolute Gasteiger partial charge is 0.379 e. The van der Waals surface area contributed by atoms with Crippen LogP contribution in [0.2, 0.25) is 0 Å². The minimum absolute atomic E-state index is 0. The number of sulfonamides is 1. The number of nitrogens with two attached hydrogens (primary N) is 1. The number of morpholine rings is 1. The monoisotopic (exact) mass is 411 g/mol. The van der Waals surface area contributed by atoms with E-state index in [-0.39, 0.29) is 33.5 Å². The lowest BCUT2D eigenvalue weighted by Crippen LogP contribution is -2.42. The minimum Gasteiger partial charge on any atom is -0.379 e. The van der Waals surface area contributed by atoms with Crippen LogP contribution in [-0.2, 0) is 14.8 Å². The maximum absolute atomic E-state index is 12.8. The van der Waals surface area contributed by atoms with Crippen LogP contribution in [0.1, 0.15) is 23.5 Å². The molecule has 0 bridgehead atoms. The molecule has 2 rings (SSSR count). The summed E-state index contributed by atoms with van der Waals surface area (Å²) in [5, 5.41) is 1.64. The van der Waals surface area contributed by atoms with Crippen LogP contribution in [0.25, 0.3) is 0 Å². The van der Waals surface area contributed by atoms with Crippen molar-refractivity contribution in [1.29, 1.82) is 0 Å². The predicted octanol–water partition coefficient (Wildman–Crippen LogP) is 1.25. The molecule has 144 valence electrons. The summed E-state index contributed by atoms with van der Waals surface area (Å²) in [6.45, 7) is 6.19. The van der Waals surface area contributed by atoms with Crippen LogP contribution >= 0.6 is 23.7 Å². The highest BCUT2D eigenvalue weighted by atomic mass is 35.5. The molecule has 1 aromatic rings. The first-order valence-corrected chi connectivity index (χ1v) is 10.1. The number of amides is 1. The molecule has 1 fully saturated rings. The van der Waals surface area contributed by atoms with E-state index in [4.69, 9.17) is 10.5 Å².